The third-order valence-electron chi connectivity index (χ3n) is 6.87. The van der Waals surface area contributed by atoms with E-state index in [9.17, 15) is 4.79 Å². The van der Waals surface area contributed by atoms with Crippen LogP contribution in [0.15, 0.2) is 115 Å². The van der Waals surface area contributed by atoms with Crippen molar-refractivity contribution in [1.29, 1.82) is 0 Å². The standard InChI is InChI=1S/C30H22O3/c1-32-24-16-10-15-23(19-24)29-25-17-8-9-18-27(25)33-30(29,22-13-6-3-7-14-22)26(20-28(29)31)21-11-4-2-5-12-21/h2-20H,1H3/t29-,30+/m0/s1. The van der Waals surface area contributed by atoms with Crippen LogP contribution < -0.4 is 9.47 Å². The first-order valence-electron chi connectivity index (χ1n) is 11.0. The van der Waals surface area contributed by atoms with E-state index in [2.05, 4.69) is 12.1 Å². The Kier molecular flexibility index (Phi) is 4.27. The summed E-state index contributed by atoms with van der Waals surface area (Å²) in [6.45, 7) is 0. The maximum absolute atomic E-state index is 14.3. The zero-order chi connectivity index (χ0) is 22.5. The zero-order valence-electron chi connectivity index (χ0n) is 18.2. The van der Waals surface area contributed by atoms with Crippen LogP contribution in [-0.2, 0) is 15.8 Å². The highest BCUT2D eigenvalue weighted by Crippen LogP contribution is 2.66. The summed E-state index contributed by atoms with van der Waals surface area (Å²) in [5, 5.41) is 0. The summed E-state index contributed by atoms with van der Waals surface area (Å²) >= 11 is 0. The molecule has 0 fully saturated rings. The fourth-order valence-corrected chi connectivity index (χ4v) is 5.57. The van der Waals surface area contributed by atoms with E-state index in [1.165, 1.54) is 0 Å². The van der Waals surface area contributed by atoms with E-state index in [0.717, 1.165) is 33.6 Å². The van der Waals surface area contributed by atoms with Gasteiger partial charge in [0.25, 0.3) is 0 Å². The molecule has 1 heterocycles. The number of ketones is 1. The lowest BCUT2D eigenvalue weighted by Gasteiger charge is -2.41. The van der Waals surface area contributed by atoms with E-state index in [0.29, 0.717) is 5.75 Å². The van der Waals surface area contributed by atoms with Crippen molar-refractivity contribution in [2.24, 2.45) is 0 Å². The number of carbonyl (C=O) groups excluding carboxylic acids is 1. The summed E-state index contributed by atoms with van der Waals surface area (Å²) < 4.78 is 12.5. The number of rotatable bonds is 4. The topological polar surface area (TPSA) is 35.5 Å². The number of para-hydroxylation sites is 1. The highest BCUT2D eigenvalue weighted by atomic mass is 16.5. The van der Waals surface area contributed by atoms with Crippen molar-refractivity contribution >= 4 is 11.4 Å². The van der Waals surface area contributed by atoms with Crippen LogP contribution >= 0.6 is 0 Å². The molecule has 4 aromatic carbocycles. The number of hydrogen-bond donors (Lipinski definition) is 0. The van der Waals surface area contributed by atoms with Crippen LogP contribution in [0.25, 0.3) is 5.57 Å². The van der Waals surface area contributed by atoms with Crippen LogP contribution in [0.5, 0.6) is 11.5 Å². The molecule has 1 aliphatic carbocycles. The lowest BCUT2D eigenvalue weighted by molar-refractivity contribution is -0.120. The third kappa shape index (κ3) is 2.48. The van der Waals surface area contributed by atoms with Gasteiger partial charge >= 0.3 is 0 Å². The summed E-state index contributed by atoms with van der Waals surface area (Å²) in [6, 6.07) is 35.8. The lowest BCUT2D eigenvalue weighted by Crippen LogP contribution is -2.51. The van der Waals surface area contributed by atoms with Crippen LogP contribution in [0.2, 0.25) is 0 Å². The molecule has 0 saturated carbocycles. The fraction of sp³-hybridized carbons (Fsp3) is 0.100. The van der Waals surface area contributed by atoms with Gasteiger partial charge in [0.05, 0.1) is 7.11 Å². The Morgan fingerprint density at radius 3 is 2.15 bits per heavy atom. The molecule has 3 nitrogen and oxygen atoms in total. The first-order valence-corrected chi connectivity index (χ1v) is 11.0. The van der Waals surface area contributed by atoms with Gasteiger partial charge in [-0.2, -0.15) is 0 Å². The van der Waals surface area contributed by atoms with E-state index in [1.54, 1.807) is 13.2 Å². The van der Waals surface area contributed by atoms with E-state index in [1.807, 2.05) is 97.1 Å². The maximum Gasteiger partial charge on any atom is 0.181 e. The Balaban J connectivity index is 1.76. The van der Waals surface area contributed by atoms with Crippen molar-refractivity contribution in [2.75, 3.05) is 7.11 Å². The molecule has 6 rings (SSSR count). The van der Waals surface area contributed by atoms with Crippen molar-refractivity contribution < 1.29 is 14.3 Å². The molecular weight excluding hydrogens is 408 g/mol. The Hall–Kier alpha value is -4.11. The van der Waals surface area contributed by atoms with Gasteiger partial charge in [0.2, 0.25) is 0 Å². The number of allylic oxidation sites excluding steroid dienone is 1. The highest BCUT2D eigenvalue weighted by Gasteiger charge is 2.70. The van der Waals surface area contributed by atoms with Crippen LogP contribution in [0, 0.1) is 0 Å². The zero-order valence-corrected chi connectivity index (χ0v) is 18.2. The molecule has 0 unspecified atom stereocenters. The van der Waals surface area contributed by atoms with Gasteiger partial charge in [0.15, 0.2) is 11.4 Å². The van der Waals surface area contributed by atoms with Crippen molar-refractivity contribution in [3.05, 3.63) is 138 Å². The molecule has 2 atom stereocenters. The number of carbonyl (C=O) groups is 1. The summed E-state index contributed by atoms with van der Waals surface area (Å²) in [6.07, 6.45) is 1.78. The molecular formula is C30H22O3. The van der Waals surface area contributed by atoms with Gasteiger partial charge in [-0.25, -0.2) is 0 Å². The monoisotopic (exact) mass is 430 g/mol. The predicted octanol–water partition coefficient (Wildman–Crippen LogP) is 5.94. The number of ether oxygens (including phenoxy) is 2. The molecule has 3 heteroatoms. The molecule has 2 aliphatic rings. The smallest absolute Gasteiger partial charge is 0.181 e. The van der Waals surface area contributed by atoms with E-state index >= 15 is 0 Å². The minimum absolute atomic E-state index is 0.00316. The lowest BCUT2D eigenvalue weighted by atomic mass is 9.60. The maximum atomic E-state index is 14.3. The summed E-state index contributed by atoms with van der Waals surface area (Å²) in [5.41, 5.74) is 2.35. The average Bonchev–Trinajstić information content (AvgIpc) is 3.34. The molecule has 0 radical (unpaired) electrons. The summed E-state index contributed by atoms with van der Waals surface area (Å²) in [7, 11) is 1.64. The number of methoxy groups -OCH3 is 1. The molecule has 0 saturated heterocycles. The minimum Gasteiger partial charge on any atom is -0.497 e. The third-order valence-corrected chi connectivity index (χ3v) is 6.87. The first-order chi connectivity index (χ1) is 16.2. The van der Waals surface area contributed by atoms with Crippen molar-refractivity contribution in [3.63, 3.8) is 0 Å². The van der Waals surface area contributed by atoms with E-state index in [-0.39, 0.29) is 5.78 Å². The molecule has 0 aromatic heterocycles. The van der Waals surface area contributed by atoms with Gasteiger partial charge in [-0.05, 0) is 35.4 Å². The largest absolute Gasteiger partial charge is 0.497 e. The second-order valence-corrected chi connectivity index (χ2v) is 8.42. The molecule has 0 amide bonds. The molecule has 0 bridgehead atoms. The van der Waals surface area contributed by atoms with E-state index < -0.39 is 11.0 Å². The fourth-order valence-electron chi connectivity index (χ4n) is 5.57. The van der Waals surface area contributed by atoms with Crippen molar-refractivity contribution in [2.45, 2.75) is 11.0 Å². The van der Waals surface area contributed by atoms with Gasteiger partial charge in [0.1, 0.15) is 16.9 Å². The van der Waals surface area contributed by atoms with Gasteiger partial charge in [-0.3, -0.25) is 4.79 Å². The Morgan fingerprint density at radius 2 is 1.39 bits per heavy atom. The van der Waals surface area contributed by atoms with Crippen LogP contribution in [0.4, 0.5) is 0 Å². The van der Waals surface area contributed by atoms with Crippen molar-refractivity contribution in [1.82, 2.24) is 0 Å². The van der Waals surface area contributed by atoms with E-state index in [4.69, 9.17) is 9.47 Å². The van der Waals surface area contributed by atoms with Gasteiger partial charge in [-0.1, -0.05) is 91.0 Å². The Labute approximate surface area is 192 Å². The first kappa shape index (κ1) is 19.6. The SMILES string of the molecule is COc1cccc([C@]23C(=O)C=C(c4ccccc4)[C@@]2(c2ccccc2)Oc2ccccc23)c1. The van der Waals surface area contributed by atoms with Gasteiger partial charge in [0, 0.05) is 16.7 Å². The van der Waals surface area contributed by atoms with Crippen LogP contribution in [0.3, 0.4) is 0 Å². The van der Waals surface area contributed by atoms with Gasteiger partial charge in [-0.15, -0.1) is 0 Å². The quantitative estimate of drug-likeness (QED) is 0.402. The molecule has 0 N–H and O–H groups in total. The summed E-state index contributed by atoms with van der Waals surface area (Å²) in [4.78, 5) is 14.3. The molecule has 160 valence electrons. The van der Waals surface area contributed by atoms with Crippen LogP contribution in [0.1, 0.15) is 22.3 Å². The molecule has 33 heavy (non-hydrogen) atoms. The second kappa shape index (κ2) is 7.21. The Bertz CT molecular complexity index is 1390. The Morgan fingerprint density at radius 1 is 0.727 bits per heavy atom. The average molecular weight is 431 g/mol. The predicted molar refractivity (Wildman–Crippen MR) is 128 cm³/mol. The van der Waals surface area contributed by atoms with Crippen molar-refractivity contribution in [3.8, 4) is 11.5 Å². The number of benzene rings is 4. The molecule has 4 aromatic rings. The summed E-state index contributed by atoms with van der Waals surface area (Å²) in [5.74, 6) is 1.43. The number of hydrogen-bond acceptors (Lipinski definition) is 3. The normalized spacial score (nSPS) is 22.8. The highest BCUT2D eigenvalue weighted by molar-refractivity contribution is 6.16. The second-order valence-electron chi connectivity index (χ2n) is 8.42. The minimum atomic E-state index is -1.08. The van der Waals surface area contributed by atoms with Gasteiger partial charge < -0.3 is 9.47 Å². The molecule has 0 spiro atoms. The number of fused-ring (bicyclic) bond motifs is 3. The molecule has 1 aliphatic heterocycles. The van der Waals surface area contributed by atoms with Crippen LogP contribution in [-0.4, -0.2) is 12.9 Å².